The Kier molecular flexibility index (Phi) is 7.18. The van der Waals surface area contributed by atoms with E-state index in [1.807, 2.05) is 13.0 Å². The molecule has 1 atom stereocenters. The fraction of sp³-hybridized carbons (Fsp3) is 0.450. The molecular weight excluding hydrogens is 398 g/mol. The van der Waals surface area contributed by atoms with E-state index < -0.39 is 0 Å². The van der Waals surface area contributed by atoms with Crippen molar-refractivity contribution in [1.29, 1.82) is 0 Å². The molecule has 0 radical (unpaired) electrons. The lowest BCUT2D eigenvalue weighted by Gasteiger charge is -2.37. The van der Waals surface area contributed by atoms with E-state index >= 15 is 0 Å². The van der Waals surface area contributed by atoms with E-state index in [-0.39, 0.29) is 11.9 Å². The Balaban J connectivity index is 1.54. The zero-order chi connectivity index (χ0) is 20.1. The minimum Gasteiger partial charge on any atom is -0.497 e. The monoisotopic (exact) mass is 423 g/mol. The molecule has 28 heavy (non-hydrogen) atoms. The Bertz CT molecular complexity index is 806. The summed E-state index contributed by atoms with van der Waals surface area (Å²) in [5.41, 5.74) is 0.618. The van der Waals surface area contributed by atoms with Crippen molar-refractivity contribution in [2.75, 3.05) is 45.7 Å². The zero-order valence-corrected chi connectivity index (χ0v) is 18.0. The van der Waals surface area contributed by atoms with E-state index in [0.29, 0.717) is 17.2 Å². The van der Waals surface area contributed by atoms with Gasteiger partial charge in [0.25, 0.3) is 0 Å². The van der Waals surface area contributed by atoms with Gasteiger partial charge in [-0.05, 0) is 31.2 Å². The minimum absolute atomic E-state index is 0.0509. The lowest BCUT2D eigenvalue weighted by atomic mass is 10.2. The highest BCUT2D eigenvalue weighted by Gasteiger charge is 2.26. The van der Waals surface area contributed by atoms with Crippen molar-refractivity contribution in [2.45, 2.75) is 19.5 Å². The lowest BCUT2D eigenvalue weighted by Crippen LogP contribution is -2.52. The van der Waals surface area contributed by atoms with Gasteiger partial charge in [-0.3, -0.25) is 14.6 Å². The van der Waals surface area contributed by atoms with Crippen LogP contribution in [0, 0.1) is 0 Å². The van der Waals surface area contributed by atoms with Gasteiger partial charge >= 0.3 is 0 Å². The lowest BCUT2D eigenvalue weighted by molar-refractivity contribution is -0.121. The number of nitrogens with zero attached hydrogens (tertiary/aromatic N) is 2. The van der Waals surface area contributed by atoms with Crippen LogP contribution in [0.25, 0.3) is 0 Å². The van der Waals surface area contributed by atoms with Gasteiger partial charge in [0.05, 0.1) is 30.3 Å². The van der Waals surface area contributed by atoms with Gasteiger partial charge < -0.3 is 14.8 Å². The smallest absolute Gasteiger partial charge is 0.241 e. The fourth-order valence-corrected chi connectivity index (χ4v) is 4.41. The average Bonchev–Trinajstić information content (AvgIpc) is 3.12. The van der Waals surface area contributed by atoms with Crippen LogP contribution in [-0.4, -0.2) is 62.1 Å². The summed E-state index contributed by atoms with van der Waals surface area (Å²) in [5.74, 6) is 1.23. The van der Waals surface area contributed by atoms with Gasteiger partial charge in [0.1, 0.15) is 11.5 Å². The Morgan fingerprint density at radius 3 is 2.54 bits per heavy atom. The van der Waals surface area contributed by atoms with Crippen molar-refractivity contribution >= 4 is 34.5 Å². The summed E-state index contributed by atoms with van der Waals surface area (Å²) in [6, 6.07) is 9.16. The summed E-state index contributed by atoms with van der Waals surface area (Å²) in [6.45, 7) is 6.40. The number of hydrogen-bond donors (Lipinski definition) is 1. The molecule has 1 aliphatic rings. The molecule has 1 fully saturated rings. The van der Waals surface area contributed by atoms with Gasteiger partial charge in [0, 0.05) is 43.7 Å². The second kappa shape index (κ2) is 9.60. The van der Waals surface area contributed by atoms with Crippen molar-refractivity contribution in [2.24, 2.45) is 0 Å². The van der Waals surface area contributed by atoms with E-state index in [2.05, 4.69) is 21.2 Å². The molecule has 1 saturated heterocycles. The summed E-state index contributed by atoms with van der Waals surface area (Å²) in [4.78, 5) is 18.7. The third-order valence-electron chi connectivity index (χ3n) is 5.01. The first-order chi connectivity index (χ1) is 13.5. The molecule has 8 heteroatoms. The largest absolute Gasteiger partial charge is 0.497 e. The molecule has 6 nitrogen and oxygen atoms in total. The number of amides is 1. The topological polar surface area (TPSA) is 54.0 Å². The van der Waals surface area contributed by atoms with Gasteiger partial charge in [-0.25, -0.2) is 0 Å². The van der Waals surface area contributed by atoms with Crippen molar-refractivity contribution in [3.05, 3.63) is 39.5 Å². The maximum atomic E-state index is 12.8. The standard InChI is InChI=1S/C20H26ClN3O3S/c1-14(20(25)22-17-12-15(26-2)4-6-18(17)27-3)24-10-8-23(9-11-24)13-16-5-7-19(21)28-16/h4-7,12,14H,8-11,13H2,1-3H3,(H,22,25)/t14-/m0/s1. The first kappa shape index (κ1) is 20.9. The first-order valence-corrected chi connectivity index (χ1v) is 10.4. The van der Waals surface area contributed by atoms with Crippen molar-refractivity contribution in [1.82, 2.24) is 9.80 Å². The molecule has 2 heterocycles. The predicted octanol–water partition coefficient (Wildman–Crippen LogP) is 3.56. The number of methoxy groups -OCH3 is 2. The maximum absolute atomic E-state index is 12.8. The van der Waals surface area contributed by atoms with E-state index in [1.165, 1.54) is 4.88 Å². The number of anilines is 1. The van der Waals surface area contributed by atoms with Gasteiger partial charge in [-0.15, -0.1) is 11.3 Å². The molecule has 0 unspecified atom stereocenters. The molecule has 0 bridgehead atoms. The predicted molar refractivity (Wildman–Crippen MR) is 114 cm³/mol. The van der Waals surface area contributed by atoms with Crippen LogP contribution in [0.5, 0.6) is 11.5 Å². The second-order valence-corrected chi connectivity index (χ2v) is 8.55. The Labute approximate surface area is 175 Å². The summed E-state index contributed by atoms with van der Waals surface area (Å²) in [7, 11) is 3.18. The van der Waals surface area contributed by atoms with Crippen LogP contribution in [0.3, 0.4) is 0 Å². The highest BCUT2D eigenvalue weighted by Crippen LogP contribution is 2.29. The van der Waals surface area contributed by atoms with Gasteiger partial charge in [0.2, 0.25) is 5.91 Å². The summed E-state index contributed by atoms with van der Waals surface area (Å²) in [6.07, 6.45) is 0. The van der Waals surface area contributed by atoms with E-state index in [0.717, 1.165) is 37.1 Å². The van der Waals surface area contributed by atoms with Gasteiger partial charge in [-0.1, -0.05) is 11.6 Å². The third-order valence-corrected chi connectivity index (χ3v) is 6.22. The molecule has 2 aromatic rings. The molecule has 1 aromatic carbocycles. The van der Waals surface area contributed by atoms with Crippen molar-refractivity contribution in [3.8, 4) is 11.5 Å². The number of rotatable bonds is 7. The SMILES string of the molecule is COc1ccc(OC)c(NC(=O)[C@H](C)N2CCN(Cc3ccc(Cl)s3)CC2)c1. The molecule has 1 amide bonds. The number of halogens is 1. The van der Waals surface area contributed by atoms with Crippen LogP contribution in [-0.2, 0) is 11.3 Å². The van der Waals surface area contributed by atoms with E-state index in [1.54, 1.807) is 43.8 Å². The normalized spacial score (nSPS) is 16.6. The third kappa shape index (κ3) is 5.17. The average molecular weight is 424 g/mol. The number of carbonyl (C=O) groups is 1. The molecule has 0 saturated carbocycles. The number of thiophene rings is 1. The van der Waals surface area contributed by atoms with Crippen LogP contribution in [0.15, 0.2) is 30.3 Å². The number of carbonyl (C=O) groups excluding carboxylic acids is 1. The minimum atomic E-state index is -0.228. The molecule has 152 valence electrons. The quantitative estimate of drug-likeness (QED) is 0.737. The molecule has 1 aliphatic heterocycles. The van der Waals surface area contributed by atoms with Crippen LogP contribution in [0.1, 0.15) is 11.8 Å². The first-order valence-electron chi connectivity index (χ1n) is 9.23. The number of piperazine rings is 1. The van der Waals surface area contributed by atoms with Crippen LogP contribution >= 0.6 is 22.9 Å². The number of nitrogens with one attached hydrogen (secondary N) is 1. The van der Waals surface area contributed by atoms with Crippen LogP contribution < -0.4 is 14.8 Å². The molecule has 0 spiro atoms. The Morgan fingerprint density at radius 2 is 1.93 bits per heavy atom. The fourth-order valence-electron chi connectivity index (χ4n) is 3.28. The maximum Gasteiger partial charge on any atom is 0.241 e. The molecule has 1 N–H and O–H groups in total. The molecule has 0 aliphatic carbocycles. The second-order valence-electron chi connectivity index (χ2n) is 6.75. The Hall–Kier alpha value is -1.80. The summed E-state index contributed by atoms with van der Waals surface area (Å²) >= 11 is 7.64. The summed E-state index contributed by atoms with van der Waals surface area (Å²) < 4.78 is 11.4. The highest BCUT2D eigenvalue weighted by atomic mass is 35.5. The van der Waals surface area contributed by atoms with E-state index in [9.17, 15) is 4.79 Å². The van der Waals surface area contributed by atoms with Gasteiger partial charge in [0.15, 0.2) is 0 Å². The number of ether oxygens (including phenoxy) is 2. The Morgan fingerprint density at radius 1 is 1.18 bits per heavy atom. The zero-order valence-electron chi connectivity index (χ0n) is 16.4. The van der Waals surface area contributed by atoms with E-state index in [4.69, 9.17) is 21.1 Å². The molecular formula is C20H26ClN3O3S. The van der Waals surface area contributed by atoms with Gasteiger partial charge in [-0.2, -0.15) is 0 Å². The van der Waals surface area contributed by atoms with Crippen LogP contribution in [0.4, 0.5) is 5.69 Å². The van der Waals surface area contributed by atoms with Crippen molar-refractivity contribution in [3.63, 3.8) is 0 Å². The number of hydrogen-bond acceptors (Lipinski definition) is 6. The molecule has 1 aromatic heterocycles. The molecule has 3 rings (SSSR count). The van der Waals surface area contributed by atoms with Crippen molar-refractivity contribution < 1.29 is 14.3 Å². The summed E-state index contributed by atoms with van der Waals surface area (Å²) in [5, 5.41) is 2.97. The number of benzene rings is 1. The van der Waals surface area contributed by atoms with Crippen LogP contribution in [0.2, 0.25) is 4.34 Å². The highest BCUT2D eigenvalue weighted by molar-refractivity contribution is 7.16.